The van der Waals surface area contributed by atoms with Gasteiger partial charge in [-0.15, -0.1) is 0 Å². The second kappa shape index (κ2) is 7.50. The summed E-state index contributed by atoms with van der Waals surface area (Å²) in [4.78, 5) is 0. The third-order valence-corrected chi connectivity index (χ3v) is 3.11. The van der Waals surface area contributed by atoms with E-state index in [0.717, 1.165) is 5.69 Å². The first-order valence-corrected chi connectivity index (χ1v) is 6.77. The molecule has 0 amide bonds. The first-order chi connectivity index (χ1) is 9.66. The van der Waals surface area contributed by atoms with E-state index in [1.54, 1.807) is 24.3 Å². The predicted octanol–water partition coefficient (Wildman–Crippen LogP) is 2.51. The molecule has 20 heavy (non-hydrogen) atoms. The molecule has 0 radical (unpaired) electrons. The van der Waals surface area contributed by atoms with Gasteiger partial charge in [-0.1, -0.05) is 34.4 Å². The molecule has 0 bridgehead atoms. The van der Waals surface area contributed by atoms with Crippen molar-refractivity contribution in [2.75, 3.05) is 13.2 Å². The van der Waals surface area contributed by atoms with Crippen LogP contribution in [0.15, 0.2) is 35.1 Å². The van der Waals surface area contributed by atoms with Crippen LogP contribution in [-0.2, 0) is 6.54 Å². The molecule has 0 aliphatic heterocycles. The molecule has 0 aliphatic carbocycles. The highest BCUT2D eigenvalue weighted by molar-refractivity contribution is 6.37. The molecule has 0 fully saturated rings. The molecule has 0 aliphatic rings. The lowest BCUT2D eigenvalue weighted by atomic mass is 10.3. The summed E-state index contributed by atoms with van der Waals surface area (Å²) in [5.74, 6) is 0.381. The second-order valence-corrected chi connectivity index (χ2v) is 4.95. The summed E-state index contributed by atoms with van der Waals surface area (Å²) in [6.07, 6.45) is 0.810. The fourth-order valence-electron chi connectivity index (χ4n) is 1.55. The minimum Gasteiger partial charge on any atom is -0.488 e. The van der Waals surface area contributed by atoms with E-state index in [1.165, 1.54) is 6.26 Å². The van der Waals surface area contributed by atoms with Gasteiger partial charge in [0.05, 0.1) is 15.7 Å². The third kappa shape index (κ3) is 4.38. The minimum atomic E-state index is -0.686. The number of hydrogen-bond acceptors (Lipinski definition) is 5. The first-order valence-electron chi connectivity index (χ1n) is 6.01. The predicted molar refractivity (Wildman–Crippen MR) is 76.2 cm³/mol. The molecule has 1 aromatic heterocycles. The zero-order valence-electron chi connectivity index (χ0n) is 10.6. The van der Waals surface area contributed by atoms with Crippen molar-refractivity contribution in [3.8, 4) is 5.75 Å². The topological polar surface area (TPSA) is 67.5 Å². The molecule has 1 heterocycles. The normalized spacial score (nSPS) is 12.3. The Morgan fingerprint density at radius 1 is 1.30 bits per heavy atom. The maximum absolute atomic E-state index is 9.80. The maximum atomic E-state index is 9.80. The molecule has 2 aromatic rings. The van der Waals surface area contributed by atoms with E-state index in [1.807, 2.05) is 0 Å². The van der Waals surface area contributed by atoms with Gasteiger partial charge >= 0.3 is 0 Å². The molecular formula is C13H14Cl2N2O3. The quantitative estimate of drug-likeness (QED) is 0.821. The van der Waals surface area contributed by atoms with E-state index in [2.05, 4.69) is 10.5 Å². The Morgan fingerprint density at radius 2 is 2.05 bits per heavy atom. The van der Waals surface area contributed by atoms with Crippen LogP contribution in [0.3, 0.4) is 0 Å². The van der Waals surface area contributed by atoms with Crippen LogP contribution in [0.25, 0.3) is 0 Å². The molecule has 2 rings (SSSR count). The van der Waals surface area contributed by atoms with Gasteiger partial charge in [-0.25, -0.2) is 0 Å². The average Bonchev–Trinajstić information content (AvgIpc) is 2.91. The van der Waals surface area contributed by atoms with Gasteiger partial charge in [-0.2, -0.15) is 0 Å². The Morgan fingerprint density at radius 3 is 2.70 bits per heavy atom. The molecule has 1 unspecified atom stereocenters. The number of aliphatic hydroxyl groups excluding tert-OH is 1. The molecule has 1 atom stereocenters. The monoisotopic (exact) mass is 316 g/mol. The molecular weight excluding hydrogens is 303 g/mol. The van der Waals surface area contributed by atoms with Gasteiger partial charge in [0.2, 0.25) is 0 Å². The maximum Gasteiger partial charge on any atom is 0.156 e. The summed E-state index contributed by atoms with van der Waals surface area (Å²) in [7, 11) is 0. The molecule has 1 aromatic carbocycles. The van der Waals surface area contributed by atoms with E-state index in [0.29, 0.717) is 28.9 Å². The minimum absolute atomic E-state index is 0.0925. The van der Waals surface area contributed by atoms with Gasteiger partial charge in [0, 0.05) is 19.2 Å². The highest BCUT2D eigenvalue weighted by Gasteiger charge is 2.10. The molecule has 5 nitrogen and oxygen atoms in total. The van der Waals surface area contributed by atoms with Gasteiger partial charge in [0.1, 0.15) is 19.0 Å². The van der Waals surface area contributed by atoms with Crippen LogP contribution in [-0.4, -0.2) is 29.5 Å². The number of rotatable bonds is 7. The highest BCUT2D eigenvalue weighted by atomic mass is 35.5. The Bertz CT molecular complexity index is 514. The molecule has 0 saturated heterocycles. The number of aliphatic hydroxyl groups is 1. The number of halogens is 2. The number of hydrogen-bond donors (Lipinski definition) is 2. The lowest BCUT2D eigenvalue weighted by molar-refractivity contribution is 0.106. The summed E-state index contributed by atoms with van der Waals surface area (Å²) in [6.45, 7) is 0.963. The van der Waals surface area contributed by atoms with E-state index in [-0.39, 0.29) is 6.61 Å². The van der Waals surface area contributed by atoms with Crippen LogP contribution in [0.2, 0.25) is 10.0 Å². The van der Waals surface area contributed by atoms with Crippen molar-refractivity contribution in [3.63, 3.8) is 0 Å². The van der Waals surface area contributed by atoms with Crippen molar-refractivity contribution in [1.82, 2.24) is 10.5 Å². The van der Waals surface area contributed by atoms with Crippen LogP contribution in [0, 0.1) is 0 Å². The lowest BCUT2D eigenvalue weighted by Gasteiger charge is -2.14. The number of ether oxygens (including phenoxy) is 1. The Hall–Kier alpha value is -1.27. The van der Waals surface area contributed by atoms with Crippen molar-refractivity contribution in [2.24, 2.45) is 0 Å². The smallest absolute Gasteiger partial charge is 0.156 e. The van der Waals surface area contributed by atoms with Crippen molar-refractivity contribution < 1.29 is 14.4 Å². The largest absolute Gasteiger partial charge is 0.488 e. The zero-order chi connectivity index (χ0) is 14.4. The number of aromatic nitrogens is 1. The first kappa shape index (κ1) is 15.1. The molecule has 108 valence electrons. The van der Waals surface area contributed by atoms with Crippen molar-refractivity contribution in [3.05, 3.63) is 46.3 Å². The summed E-state index contributed by atoms with van der Waals surface area (Å²) < 4.78 is 10.1. The molecule has 2 N–H and O–H groups in total. The van der Waals surface area contributed by atoms with Gasteiger partial charge in [-0.05, 0) is 12.1 Å². The van der Waals surface area contributed by atoms with Gasteiger partial charge in [0.15, 0.2) is 5.75 Å². The summed E-state index contributed by atoms with van der Waals surface area (Å²) in [5.41, 5.74) is 0.771. The molecule has 0 saturated carbocycles. The summed E-state index contributed by atoms with van der Waals surface area (Å²) >= 11 is 11.9. The SMILES string of the molecule is OC(CNCc1ccon1)COc1c(Cl)cccc1Cl. The van der Waals surface area contributed by atoms with E-state index >= 15 is 0 Å². The van der Waals surface area contributed by atoms with Gasteiger partial charge in [0.25, 0.3) is 0 Å². The Labute approximate surface area is 126 Å². The standard InChI is InChI=1S/C13H14Cl2N2O3/c14-11-2-1-3-12(15)13(11)19-8-10(18)7-16-6-9-4-5-20-17-9/h1-5,10,16,18H,6-8H2. The third-order valence-electron chi connectivity index (χ3n) is 2.52. The lowest BCUT2D eigenvalue weighted by Crippen LogP contribution is -2.31. The second-order valence-electron chi connectivity index (χ2n) is 4.14. The zero-order valence-corrected chi connectivity index (χ0v) is 12.1. The van der Waals surface area contributed by atoms with Crippen LogP contribution in [0.4, 0.5) is 0 Å². The van der Waals surface area contributed by atoms with E-state index < -0.39 is 6.10 Å². The highest BCUT2D eigenvalue weighted by Crippen LogP contribution is 2.32. The fourth-order valence-corrected chi connectivity index (χ4v) is 2.06. The Kier molecular flexibility index (Phi) is 5.67. The number of nitrogens with zero attached hydrogens (tertiary/aromatic N) is 1. The molecule has 0 spiro atoms. The molecule has 7 heteroatoms. The van der Waals surface area contributed by atoms with Crippen molar-refractivity contribution >= 4 is 23.2 Å². The number of para-hydroxylation sites is 1. The van der Waals surface area contributed by atoms with E-state index in [4.69, 9.17) is 32.5 Å². The van der Waals surface area contributed by atoms with Crippen LogP contribution >= 0.6 is 23.2 Å². The van der Waals surface area contributed by atoms with Crippen LogP contribution in [0.5, 0.6) is 5.75 Å². The number of nitrogens with one attached hydrogen (secondary N) is 1. The van der Waals surface area contributed by atoms with Gasteiger partial charge in [-0.3, -0.25) is 0 Å². The number of benzene rings is 1. The summed E-state index contributed by atoms with van der Waals surface area (Å²) in [5, 5.41) is 17.4. The van der Waals surface area contributed by atoms with E-state index in [9.17, 15) is 5.11 Å². The summed E-state index contributed by atoms with van der Waals surface area (Å²) in [6, 6.07) is 6.84. The van der Waals surface area contributed by atoms with Crippen molar-refractivity contribution in [1.29, 1.82) is 0 Å². The van der Waals surface area contributed by atoms with Gasteiger partial charge < -0.3 is 19.7 Å². The average molecular weight is 317 g/mol. The van der Waals surface area contributed by atoms with Crippen LogP contribution < -0.4 is 10.1 Å². The fraction of sp³-hybridized carbons (Fsp3) is 0.308. The van der Waals surface area contributed by atoms with Crippen molar-refractivity contribution in [2.45, 2.75) is 12.6 Å². The Balaban J connectivity index is 1.73. The van der Waals surface area contributed by atoms with Crippen LogP contribution in [0.1, 0.15) is 5.69 Å².